The lowest BCUT2D eigenvalue weighted by molar-refractivity contribution is 0.102. The van der Waals surface area contributed by atoms with E-state index < -0.39 is 0 Å². The lowest BCUT2D eigenvalue weighted by atomic mass is 10.2. The Labute approximate surface area is 103 Å². The number of amides is 1. The SMILES string of the molecule is Nc1ccc(NC(=O)c2ccc(O)c(O)c2)cc1. The van der Waals surface area contributed by atoms with Crippen LogP contribution < -0.4 is 11.1 Å². The normalized spacial score (nSPS) is 10.0. The van der Waals surface area contributed by atoms with Crippen LogP contribution in [0, 0.1) is 0 Å². The molecule has 0 aliphatic rings. The highest BCUT2D eigenvalue weighted by molar-refractivity contribution is 6.04. The summed E-state index contributed by atoms with van der Waals surface area (Å²) >= 11 is 0. The molecule has 0 aliphatic heterocycles. The van der Waals surface area contributed by atoms with Crippen molar-refractivity contribution in [1.82, 2.24) is 0 Å². The van der Waals surface area contributed by atoms with Crippen molar-refractivity contribution in [3.63, 3.8) is 0 Å². The first-order chi connectivity index (χ1) is 8.56. The average Bonchev–Trinajstić information content (AvgIpc) is 2.35. The first kappa shape index (κ1) is 11.8. The van der Waals surface area contributed by atoms with Gasteiger partial charge in [-0.25, -0.2) is 0 Å². The van der Waals surface area contributed by atoms with E-state index in [-0.39, 0.29) is 23.0 Å². The van der Waals surface area contributed by atoms with Crippen LogP contribution in [0.4, 0.5) is 11.4 Å². The Kier molecular flexibility index (Phi) is 3.05. The maximum absolute atomic E-state index is 11.8. The summed E-state index contributed by atoms with van der Waals surface area (Å²) in [7, 11) is 0. The summed E-state index contributed by atoms with van der Waals surface area (Å²) in [5, 5.41) is 21.1. The third kappa shape index (κ3) is 2.52. The molecule has 5 heteroatoms. The monoisotopic (exact) mass is 244 g/mol. The van der Waals surface area contributed by atoms with Crippen LogP contribution in [0.25, 0.3) is 0 Å². The third-order valence-corrected chi connectivity index (χ3v) is 2.41. The van der Waals surface area contributed by atoms with Crippen LogP contribution in [0.1, 0.15) is 10.4 Å². The molecule has 2 rings (SSSR count). The number of hydrogen-bond acceptors (Lipinski definition) is 4. The lowest BCUT2D eigenvalue weighted by Gasteiger charge is -2.06. The zero-order valence-corrected chi connectivity index (χ0v) is 9.42. The van der Waals surface area contributed by atoms with Gasteiger partial charge in [0.05, 0.1) is 0 Å². The van der Waals surface area contributed by atoms with Gasteiger partial charge in [0.1, 0.15) is 0 Å². The Balaban J connectivity index is 2.16. The molecular formula is C13H12N2O3. The van der Waals surface area contributed by atoms with Crippen molar-refractivity contribution in [2.45, 2.75) is 0 Å². The number of rotatable bonds is 2. The minimum Gasteiger partial charge on any atom is -0.504 e. The standard InChI is InChI=1S/C13H12N2O3/c14-9-2-4-10(5-3-9)15-13(18)8-1-6-11(16)12(17)7-8/h1-7,16-17H,14H2,(H,15,18). The molecule has 1 amide bonds. The van der Waals surface area contributed by atoms with Crippen molar-refractivity contribution in [3.05, 3.63) is 48.0 Å². The average molecular weight is 244 g/mol. The molecule has 5 N–H and O–H groups in total. The van der Waals surface area contributed by atoms with Gasteiger partial charge in [0, 0.05) is 16.9 Å². The number of phenolic OH excluding ortho intramolecular Hbond substituents is 2. The quantitative estimate of drug-likeness (QED) is 0.479. The summed E-state index contributed by atoms with van der Waals surface area (Å²) in [4.78, 5) is 11.8. The molecule has 0 fully saturated rings. The second-order valence-corrected chi connectivity index (χ2v) is 3.78. The third-order valence-electron chi connectivity index (χ3n) is 2.41. The summed E-state index contributed by atoms with van der Waals surface area (Å²) in [5.74, 6) is -0.978. The molecule has 92 valence electrons. The van der Waals surface area contributed by atoms with Gasteiger partial charge in [0.2, 0.25) is 0 Å². The van der Waals surface area contributed by atoms with E-state index in [0.29, 0.717) is 11.4 Å². The predicted octanol–water partition coefficient (Wildman–Crippen LogP) is 1.93. The molecule has 0 unspecified atom stereocenters. The maximum atomic E-state index is 11.8. The minimum absolute atomic E-state index is 0.252. The Morgan fingerprint density at radius 2 is 1.67 bits per heavy atom. The van der Waals surface area contributed by atoms with Gasteiger partial charge >= 0.3 is 0 Å². The number of aromatic hydroxyl groups is 2. The van der Waals surface area contributed by atoms with E-state index in [1.165, 1.54) is 18.2 Å². The first-order valence-electron chi connectivity index (χ1n) is 5.25. The molecule has 2 aromatic rings. The van der Waals surface area contributed by atoms with E-state index in [4.69, 9.17) is 10.8 Å². The molecule has 0 bridgehead atoms. The predicted molar refractivity (Wildman–Crippen MR) is 68.6 cm³/mol. The Morgan fingerprint density at radius 1 is 1.00 bits per heavy atom. The Hall–Kier alpha value is -2.69. The summed E-state index contributed by atoms with van der Waals surface area (Å²) in [6.07, 6.45) is 0. The molecule has 2 aromatic carbocycles. The molecule has 0 aromatic heterocycles. The number of benzene rings is 2. The second-order valence-electron chi connectivity index (χ2n) is 3.78. The van der Waals surface area contributed by atoms with Gasteiger partial charge in [0.25, 0.3) is 5.91 Å². The van der Waals surface area contributed by atoms with Crippen LogP contribution in [0.15, 0.2) is 42.5 Å². The number of carbonyl (C=O) groups excluding carboxylic acids is 1. The summed E-state index contributed by atoms with van der Waals surface area (Å²) in [6.45, 7) is 0. The molecule has 0 saturated carbocycles. The zero-order chi connectivity index (χ0) is 13.1. The minimum atomic E-state index is -0.380. The van der Waals surface area contributed by atoms with E-state index in [2.05, 4.69) is 5.32 Å². The Bertz CT molecular complexity index is 579. The van der Waals surface area contributed by atoms with Crippen molar-refractivity contribution in [2.24, 2.45) is 0 Å². The molecule has 0 saturated heterocycles. The second kappa shape index (κ2) is 4.67. The van der Waals surface area contributed by atoms with Gasteiger partial charge in [-0.15, -0.1) is 0 Å². The van der Waals surface area contributed by atoms with Crippen LogP contribution >= 0.6 is 0 Å². The maximum Gasteiger partial charge on any atom is 0.255 e. The molecule has 5 nitrogen and oxygen atoms in total. The van der Waals surface area contributed by atoms with Gasteiger partial charge in [-0.05, 0) is 42.5 Å². The van der Waals surface area contributed by atoms with Gasteiger partial charge in [-0.3, -0.25) is 4.79 Å². The highest BCUT2D eigenvalue weighted by atomic mass is 16.3. The smallest absolute Gasteiger partial charge is 0.255 e. The van der Waals surface area contributed by atoms with Gasteiger partial charge in [-0.2, -0.15) is 0 Å². The van der Waals surface area contributed by atoms with Gasteiger partial charge in [-0.1, -0.05) is 0 Å². The van der Waals surface area contributed by atoms with E-state index in [1.54, 1.807) is 24.3 Å². The number of nitrogen functional groups attached to an aromatic ring is 1. The molecular weight excluding hydrogens is 232 g/mol. The summed E-state index contributed by atoms with van der Waals surface area (Å²) < 4.78 is 0. The molecule has 0 spiro atoms. The van der Waals surface area contributed by atoms with Crippen molar-refractivity contribution >= 4 is 17.3 Å². The molecule has 0 atom stereocenters. The van der Waals surface area contributed by atoms with Crippen LogP contribution in [0.3, 0.4) is 0 Å². The van der Waals surface area contributed by atoms with Crippen LogP contribution in [-0.4, -0.2) is 16.1 Å². The summed E-state index contributed by atoms with van der Waals surface area (Å²) in [5.41, 5.74) is 6.99. The van der Waals surface area contributed by atoms with E-state index in [9.17, 15) is 9.90 Å². The number of phenols is 2. The first-order valence-corrected chi connectivity index (χ1v) is 5.25. The summed E-state index contributed by atoms with van der Waals surface area (Å²) in [6, 6.07) is 10.6. The van der Waals surface area contributed by atoms with E-state index in [0.717, 1.165) is 0 Å². The largest absolute Gasteiger partial charge is 0.504 e. The number of carbonyl (C=O) groups is 1. The number of nitrogens with one attached hydrogen (secondary N) is 1. The van der Waals surface area contributed by atoms with Crippen LogP contribution in [-0.2, 0) is 0 Å². The fourth-order valence-electron chi connectivity index (χ4n) is 1.43. The number of anilines is 2. The zero-order valence-electron chi connectivity index (χ0n) is 9.42. The van der Waals surface area contributed by atoms with Crippen LogP contribution in [0.5, 0.6) is 11.5 Å². The van der Waals surface area contributed by atoms with Crippen molar-refractivity contribution in [3.8, 4) is 11.5 Å². The molecule has 0 radical (unpaired) electrons. The van der Waals surface area contributed by atoms with E-state index in [1.807, 2.05) is 0 Å². The van der Waals surface area contributed by atoms with Crippen molar-refractivity contribution in [2.75, 3.05) is 11.1 Å². The van der Waals surface area contributed by atoms with Crippen molar-refractivity contribution in [1.29, 1.82) is 0 Å². The van der Waals surface area contributed by atoms with E-state index >= 15 is 0 Å². The van der Waals surface area contributed by atoms with Crippen LogP contribution in [0.2, 0.25) is 0 Å². The van der Waals surface area contributed by atoms with Crippen molar-refractivity contribution < 1.29 is 15.0 Å². The highest BCUT2D eigenvalue weighted by Gasteiger charge is 2.08. The lowest BCUT2D eigenvalue weighted by Crippen LogP contribution is -2.11. The number of nitrogens with two attached hydrogens (primary N) is 1. The topological polar surface area (TPSA) is 95.6 Å². The molecule has 18 heavy (non-hydrogen) atoms. The fourth-order valence-corrected chi connectivity index (χ4v) is 1.43. The molecule has 0 aliphatic carbocycles. The number of hydrogen-bond donors (Lipinski definition) is 4. The Morgan fingerprint density at radius 3 is 2.28 bits per heavy atom. The van der Waals surface area contributed by atoms with Gasteiger partial charge < -0.3 is 21.3 Å². The highest BCUT2D eigenvalue weighted by Crippen LogP contribution is 2.25. The molecule has 0 heterocycles. The fraction of sp³-hybridized carbons (Fsp3) is 0. The van der Waals surface area contributed by atoms with Gasteiger partial charge in [0.15, 0.2) is 11.5 Å².